The minimum Gasteiger partial charge on any atom is -0.475 e. The molecule has 0 bridgehead atoms. The van der Waals surface area contributed by atoms with Crippen molar-refractivity contribution in [2.75, 3.05) is 13.1 Å². The highest BCUT2D eigenvalue weighted by molar-refractivity contribution is 7.09. The van der Waals surface area contributed by atoms with E-state index in [9.17, 15) is 13.2 Å². The van der Waals surface area contributed by atoms with Crippen LogP contribution < -0.4 is 0 Å². The molecule has 1 aliphatic carbocycles. The molecule has 1 aromatic carbocycles. The van der Waals surface area contributed by atoms with Crippen molar-refractivity contribution >= 4 is 17.3 Å². The van der Waals surface area contributed by atoms with Crippen LogP contribution in [-0.2, 0) is 23.2 Å². The highest BCUT2D eigenvalue weighted by Crippen LogP contribution is 2.46. The third-order valence-corrected chi connectivity index (χ3v) is 6.59. The molecule has 2 heterocycles. The number of benzene rings is 1. The van der Waals surface area contributed by atoms with Crippen LogP contribution in [0.15, 0.2) is 35.7 Å². The number of carboxylic acids is 1. The molecule has 7 heteroatoms. The number of hydrogen-bond acceptors (Lipinski definition) is 3. The van der Waals surface area contributed by atoms with Gasteiger partial charge in [-0.1, -0.05) is 29.8 Å². The van der Waals surface area contributed by atoms with Crippen molar-refractivity contribution in [3.63, 3.8) is 0 Å². The monoisotopic (exact) mass is 411 g/mol. The summed E-state index contributed by atoms with van der Waals surface area (Å²) >= 11 is 1.89. The molecule has 2 aromatic rings. The van der Waals surface area contributed by atoms with E-state index >= 15 is 0 Å². The van der Waals surface area contributed by atoms with Gasteiger partial charge < -0.3 is 5.11 Å². The molecule has 28 heavy (non-hydrogen) atoms. The second kappa shape index (κ2) is 8.25. The van der Waals surface area contributed by atoms with Gasteiger partial charge in [0.15, 0.2) is 0 Å². The number of alkyl halides is 3. The summed E-state index contributed by atoms with van der Waals surface area (Å²) in [5.74, 6) is -2.76. The SMILES string of the molecule is Cc1ccc2c(c1)C1(CC2)CCN(Cc2cccs2)CC1.O=C(O)C(F)(F)F. The molecular weight excluding hydrogens is 387 g/mol. The van der Waals surface area contributed by atoms with Crippen molar-refractivity contribution in [1.29, 1.82) is 0 Å². The number of aryl methyl sites for hydroxylation is 2. The molecule has 0 unspecified atom stereocenters. The van der Waals surface area contributed by atoms with Crippen LogP contribution in [0.4, 0.5) is 13.2 Å². The fraction of sp³-hybridized carbons (Fsp3) is 0.476. The first-order chi connectivity index (χ1) is 13.2. The van der Waals surface area contributed by atoms with Gasteiger partial charge in [-0.2, -0.15) is 13.2 Å². The molecule has 4 rings (SSSR count). The number of thiophene rings is 1. The van der Waals surface area contributed by atoms with Crippen molar-refractivity contribution in [3.8, 4) is 0 Å². The second-order valence-corrected chi connectivity index (χ2v) is 8.63. The highest BCUT2D eigenvalue weighted by Gasteiger charge is 2.41. The average Bonchev–Trinajstić information content (AvgIpc) is 3.26. The lowest BCUT2D eigenvalue weighted by Gasteiger charge is -2.40. The maximum absolute atomic E-state index is 10.6. The lowest BCUT2D eigenvalue weighted by atomic mass is 9.73. The number of rotatable bonds is 2. The van der Waals surface area contributed by atoms with Crippen LogP contribution >= 0.6 is 11.3 Å². The van der Waals surface area contributed by atoms with Gasteiger partial charge in [-0.3, -0.25) is 4.90 Å². The van der Waals surface area contributed by atoms with Gasteiger partial charge in [-0.05, 0) is 73.7 Å². The zero-order chi connectivity index (χ0) is 20.4. The molecule has 1 aromatic heterocycles. The predicted octanol–water partition coefficient (Wildman–Crippen LogP) is 5.17. The summed E-state index contributed by atoms with van der Waals surface area (Å²) in [5.41, 5.74) is 5.22. The Bertz CT molecular complexity index is 810. The van der Waals surface area contributed by atoms with Crippen molar-refractivity contribution in [2.45, 2.75) is 50.7 Å². The summed E-state index contributed by atoms with van der Waals surface area (Å²) in [5, 5.41) is 9.32. The number of hydrogen-bond donors (Lipinski definition) is 1. The first-order valence-corrected chi connectivity index (χ1v) is 10.2. The number of carboxylic acid groups (broad SMARTS) is 1. The fourth-order valence-electron chi connectivity index (χ4n) is 4.19. The fourth-order valence-corrected chi connectivity index (χ4v) is 4.94. The van der Waals surface area contributed by atoms with E-state index in [0.29, 0.717) is 5.41 Å². The summed E-state index contributed by atoms with van der Waals surface area (Å²) in [4.78, 5) is 13.0. The van der Waals surface area contributed by atoms with Crippen molar-refractivity contribution in [2.24, 2.45) is 0 Å². The van der Waals surface area contributed by atoms with Crippen LogP contribution in [0, 0.1) is 6.92 Å². The van der Waals surface area contributed by atoms with Crippen molar-refractivity contribution in [1.82, 2.24) is 4.90 Å². The number of nitrogens with zero attached hydrogens (tertiary/aromatic N) is 1. The molecule has 152 valence electrons. The molecule has 1 saturated heterocycles. The topological polar surface area (TPSA) is 40.5 Å². The largest absolute Gasteiger partial charge is 0.490 e. The third-order valence-electron chi connectivity index (χ3n) is 5.72. The van der Waals surface area contributed by atoms with Crippen LogP contribution in [0.3, 0.4) is 0 Å². The first kappa shape index (κ1) is 20.9. The number of carbonyl (C=O) groups is 1. The van der Waals surface area contributed by atoms with E-state index in [-0.39, 0.29) is 0 Å². The van der Waals surface area contributed by atoms with Crippen molar-refractivity contribution < 1.29 is 23.1 Å². The Labute approximate surface area is 166 Å². The zero-order valence-corrected chi connectivity index (χ0v) is 16.6. The number of likely N-dealkylation sites (tertiary alicyclic amines) is 1. The Morgan fingerprint density at radius 1 is 1.21 bits per heavy atom. The average molecular weight is 411 g/mol. The van der Waals surface area contributed by atoms with E-state index in [1.165, 1.54) is 49.2 Å². The Hall–Kier alpha value is -1.86. The van der Waals surface area contributed by atoms with Crippen LogP contribution in [0.5, 0.6) is 0 Å². The van der Waals surface area contributed by atoms with Gasteiger partial charge in [0.05, 0.1) is 0 Å². The van der Waals surface area contributed by atoms with E-state index in [1.807, 2.05) is 11.3 Å². The van der Waals surface area contributed by atoms with Gasteiger partial charge in [-0.15, -0.1) is 11.3 Å². The quantitative estimate of drug-likeness (QED) is 0.741. The normalized spacial score (nSPS) is 18.4. The van der Waals surface area contributed by atoms with Gasteiger partial charge >= 0.3 is 12.1 Å². The Morgan fingerprint density at radius 2 is 1.89 bits per heavy atom. The van der Waals surface area contributed by atoms with Crippen molar-refractivity contribution in [3.05, 3.63) is 57.3 Å². The van der Waals surface area contributed by atoms with E-state index in [1.54, 1.807) is 11.1 Å². The van der Waals surface area contributed by atoms with E-state index < -0.39 is 12.1 Å². The molecule has 0 radical (unpaired) electrons. The maximum Gasteiger partial charge on any atom is 0.490 e. The van der Waals surface area contributed by atoms with E-state index in [0.717, 1.165) is 6.54 Å². The van der Waals surface area contributed by atoms with Crippen LogP contribution in [0.25, 0.3) is 0 Å². The standard InChI is InChI=1S/C19H23NS.C2HF3O2/c1-15-4-5-16-6-7-19(18(16)13-15)8-10-20(11-9-19)14-17-3-2-12-21-17;3-2(4,5)1(6)7/h2-5,12-13H,6-11,14H2,1H3;(H,6,7). The summed E-state index contributed by atoms with van der Waals surface area (Å²) in [6, 6.07) is 11.6. The molecule has 0 amide bonds. The summed E-state index contributed by atoms with van der Waals surface area (Å²) in [6.07, 6.45) is 0.267. The van der Waals surface area contributed by atoms with Gasteiger partial charge in [0.1, 0.15) is 0 Å². The van der Waals surface area contributed by atoms with Gasteiger partial charge in [-0.25, -0.2) is 4.79 Å². The molecule has 2 aliphatic rings. The van der Waals surface area contributed by atoms with E-state index in [4.69, 9.17) is 9.90 Å². The molecule has 1 spiro atoms. The van der Waals surface area contributed by atoms with Crippen LogP contribution in [0.1, 0.15) is 40.8 Å². The Kier molecular flexibility index (Phi) is 6.15. The van der Waals surface area contributed by atoms with E-state index in [2.05, 4.69) is 47.5 Å². The third kappa shape index (κ3) is 4.75. The molecule has 1 aliphatic heterocycles. The minimum absolute atomic E-state index is 0.493. The maximum atomic E-state index is 10.6. The van der Waals surface area contributed by atoms with Gasteiger partial charge in [0, 0.05) is 11.4 Å². The second-order valence-electron chi connectivity index (χ2n) is 7.60. The van der Waals surface area contributed by atoms with Gasteiger partial charge in [0.2, 0.25) is 0 Å². The predicted molar refractivity (Wildman–Crippen MR) is 104 cm³/mol. The molecule has 1 fully saturated rings. The number of piperidine rings is 1. The smallest absolute Gasteiger partial charge is 0.475 e. The number of aliphatic carboxylic acids is 1. The van der Waals surface area contributed by atoms with Gasteiger partial charge in [0.25, 0.3) is 0 Å². The molecule has 0 saturated carbocycles. The summed E-state index contributed by atoms with van der Waals surface area (Å²) in [7, 11) is 0. The Balaban J connectivity index is 0.000000279. The summed E-state index contributed by atoms with van der Waals surface area (Å²) in [6.45, 7) is 5.89. The molecule has 1 N–H and O–H groups in total. The lowest BCUT2D eigenvalue weighted by Crippen LogP contribution is -2.41. The number of fused-ring (bicyclic) bond motifs is 2. The van der Waals surface area contributed by atoms with Crippen LogP contribution in [0.2, 0.25) is 0 Å². The summed E-state index contributed by atoms with van der Waals surface area (Å²) < 4.78 is 31.7. The zero-order valence-electron chi connectivity index (χ0n) is 15.8. The molecular formula is C21H24F3NO2S. The van der Waals surface area contributed by atoms with Crippen LogP contribution in [-0.4, -0.2) is 35.2 Å². The lowest BCUT2D eigenvalue weighted by molar-refractivity contribution is -0.192. The highest BCUT2D eigenvalue weighted by atomic mass is 32.1. The molecule has 3 nitrogen and oxygen atoms in total. The first-order valence-electron chi connectivity index (χ1n) is 9.34. The minimum atomic E-state index is -5.08. The Morgan fingerprint density at radius 3 is 2.46 bits per heavy atom. The molecule has 0 atom stereocenters. The number of halogens is 3.